The minimum atomic E-state index is -0.499. The Labute approximate surface area is 173 Å². The van der Waals surface area contributed by atoms with E-state index in [9.17, 15) is 9.59 Å². The monoisotopic (exact) mass is 393 g/mol. The van der Waals surface area contributed by atoms with Gasteiger partial charge >= 0.3 is 0 Å². The van der Waals surface area contributed by atoms with Crippen LogP contribution in [0.1, 0.15) is 25.0 Å². The van der Waals surface area contributed by atoms with Crippen LogP contribution in [0.25, 0.3) is 0 Å². The van der Waals surface area contributed by atoms with E-state index in [0.29, 0.717) is 19.5 Å². The summed E-state index contributed by atoms with van der Waals surface area (Å²) in [5.74, 6) is -0.239. The Morgan fingerprint density at radius 1 is 0.862 bits per heavy atom. The first-order chi connectivity index (χ1) is 14.0. The Bertz CT molecular complexity index is 786. The fourth-order valence-corrected chi connectivity index (χ4v) is 3.72. The first-order valence-electron chi connectivity index (χ1n) is 10.4. The molecule has 3 rings (SSSR count). The molecule has 0 aliphatic carbocycles. The maximum Gasteiger partial charge on any atom is 0.244 e. The molecule has 29 heavy (non-hydrogen) atoms. The Kier molecular flexibility index (Phi) is 7.42. The molecule has 0 spiro atoms. The van der Waals surface area contributed by atoms with Crippen molar-refractivity contribution in [3.63, 3.8) is 0 Å². The number of piperazine rings is 1. The van der Waals surface area contributed by atoms with Gasteiger partial charge in [-0.2, -0.15) is 0 Å². The summed E-state index contributed by atoms with van der Waals surface area (Å²) in [5.41, 5.74) is 2.42. The zero-order chi connectivity index (χ0) is 20.6. The molecule has 1 aliphatic heterocycles. The van der Waals surface area contributed by atoms with Crippen LogP contribution in [0, 0.1) is 5.92 Å². The summed E-state index contributed by atoms with van der Waals surface area (Å²) in [7, 11) is 0. The van der Waals surface area contributed by atoms with E-state index in [1.54, 1.807) is 6.92 Å². The van der Waals surface area contributed by atoms with Crippen LogP contribution in [0.4, 0.5) is 0 Å². The number of amides is 2. The molecule has 0 radical (unpaired) electrons. The van der Waals surface area contributed by atoms with Crippen LogP contribution in [0.2, 0.25) is 0 Å². The van der Waals surface area contributed by atoms with Gasteiger partial charge in [-0.15, -0.1) is 0 Å². The molecule has 5 heteroatoms. The maximum atomic E-state index is 12.8. The van der Waals surface area contributed by atoms with E-state index in [1.165, 1.54) is 5.56 Å². The number of hydrogen-bond donors (Lipinski definition) is 1. The summed E-state index contributed by atoms with van der Waals surface area (Å²) in [5, 5.41) is 2.90. The molecule has 1 fully saturated rings. The lowest BCUT2D eigenvalue weighted by atomic mass is 10.00. The smallest absolute Gasteiger partial charge is 0.244 e. The molecule has 1 aliphatic rings. The van der Waals surface area contributed by atoms with E-state index in [4.69, 9.17) is 0 Å². The normalized spacial score (nSPS) is 16.8. The standard InChI is InChI=1S/C24H31N3O2/c1-19(17-21-9-5-3-6-10-21)23(28)25-20(2)24(29)27-15-13-26(14-16-27)18-22-11-7-4-8-12-22/h3-12,19-20H,13-18H2,1-2H3,(H,25,28)/t19?,20-/m1/s1. The van der Waals surface area contributed by atoms with E-state index >= 15 is 0 Å². The molecule has 1 unspecified atom stereocenters. The highest BCUT2D eigenvalue weighted by Crippen LogP contribution is 2.11. The van der Waals surface area contributed by atoms with Crippen LogP contribution in [-0.4, -0.2) is 53.8 Å². The first-order valence-corrected chi connectivity index (χ1v) is 10.4. The van der Waals surface area contributed by atoms with Crippen LogP contribution >= 0.6 is 0 Å². The van der Waals surface area contributed by atoms with Crippen molar-refractivity contribution in [2.24, 2.45) is 5.92 Å². The molecule has 154 valence electrons. The van der Waals surface area contributed by atoms with Crippen LogP contribution in [0.5, 0.6) is 0 Å². The molecule has 0 saturated carbocycles. The topological polar surface area (TPSA) is 52.7 Å². The quantitative estimate of drug-likeness (QED) is 0.787. The molecule has 2 amide bonds. The minimum Gasteiger partial charge on any atom is -0.344 e. The lowest BCUT2D eigenvalue weighted by molar-refractivity contribution is -0.138. The fourth-order valence-electron chi connectivity index (χ4n) is 3.72. The summed E-state index contributed by atoms with van der Waals surface area (Å²) in [6.45, 7) is 7.70. The van der Waals surface area contributed by atoms with Gasteiger partial charge in [-0.1, -0.05) is 67.6 Å². The highest BCUT2D eigenvalue weighted by molar-refractivity contribution is 5.88. The molecular weight excluding hydrogens is 362 g/mol. The molecule has 2 atom stereocenters. The lowest BCUT2D eigenvalue weighted by Crippen LogP contribution is -2.54. The number of nitrogens with zero attached hydrogens (tertiary/aromatic N) is 2. The van der Waals surface area contributed by atoms with Gasteiger partial charge < -0.3 is 10.2 Å². The van der Waals surface area contributed by atoms with Crippen molar-refractivity contribution in [3.8, 4) is 0 Å². The largest absolute Gasteiger partial charge is 0.344 e. The van der Waals surface area contributed by atoms with Crippen LogP contribution in [0.15, 0.2) is 60.7 Å². The second kappa shape index (κ2) is 10.2. The third-order valence-electron chi connectivity index (χ3n) is 5.49. The molecule has 0 aromatic heterocycles. The molecule has 1 saturated heterocycles. The molecule has 5 nitrogen and oxygen atoms in total. The van der Waals surface area contributed by atoms with Gasteiger partial charge in [0.2, 0.25) is 11.8 Å². The second-order valence-electron chi connectivity index (χ2n) is 7.91. The maximum absolute atomic E-state index is 12.8. The van der Waals surface area contributed by atoms with Gasteiger partial charge in [0.1, 0.15) is 6.04 Å². The van der Waals surface area contributed by atoms with Crippen LogP contribution < -0.4 is 5.32 Å². The average molecular weight is 394 g/mol. The van der Waals surface area contributed by atoms with E-state index in [1.807, 2.05) is 48.2 Å². The molecule has 0 bridgehead atoms. The lowest BCUT2D eigenvalue weighted by Gasteiger charge is -2.36. The number of carbonyl (C=O) groups is 2. The van der Waals surface area contributed by atoms with Crippen molar-refractivity contribution in [3.05, 3.63) is 71.8 Å². The average Bonchev–Trinajstić information content (AvgIpc) is 2.75. The number of rotatable bonds is 7. The molecule has 2 aromatic rings. The third-order valence-corrected chi connectivity index (χ3v) is 5.49. The van der Waals surface area contributed by atoms with Crippen LogP contribution in [0.3, 0.4) is 0 Å². The van der Waals surface area contributed by atoms with Gasteiger partial charge in [0.25, 0.3) is 0 Å². The van der Waals surface area contributed by atoms with E-state index < -0.39 is 6.04 Å². The summed E-state index contributed by atoms with van der Waals surface area (Å²) in [6.07, 6.45) is 0.672. The second-order valence-corrected chi connectivity index (χ2v) is 7.91. The third kappa shape index (κ3) is 6.16. The predicted molar refractivity (Wildman–Crippen MR) is 115 cm³/mol. The number of nitrogens with one attached hydrogen (secondary N) is 1. The summed E-state index contributed by atoms with van der Waals surface area (Å²) < 4.78 is 0. The van der Waals surface area contributed by atoms with Gasteiger partial charge in [0.05, 0.1) is 0 Å². The van der Waals surface area contributed by atoms with Crippen molar-refractivity contribution < 1.29 is 9.59 Å². The fraction of sp³-hybridized carbons (Fsp3) is 0.417. The van der Waals surface area contributed by atoms with Gasteiger partial charge in [-0.3, -0.25) is 14.5 Å². The van der Waals surface area contributed by atoms with Gasteiger partial charge in [-0.25, -0.2) is 0 Å². The Hall–Kier alpha value is -2.66. The molecule has 2 aromatic carbocycles. The van der Waals surface area contributed by atoms with Crippen LogP contribution in [-0.2, 0) is 22.6 Å². The van der Waals surface area contributed by atoms with Crippen molar-refractivity contribution in [2.75, 3.05) is 26.2 Å². The predicted octanol–water partition coefficient (Wildman–Crippen LogP) is 2.71. The highest BCUT2D eigenvalue weighted by atomic mass is 16.2. The highest BCUT2D eigenvalue weighted by Gasteiger charge is 2.27. The van der Waals surface area contributed by atoms with E-state index in [2.05, 4.69) is 34.5 Å². The minimum absolute atomic E-state index is 0.00428. The van der Waals surface area contributed by atoms with Gasteiger partial charge in [0, 0.05) is 38.6 Å². The Morgan fingerprint density at radius 2 is 1.41 bits per heavy atom. The SMILES string of the molecule is CC(Cc1ccccc1)C(=O)N[C@H](C)C(=O)N1CCN(Cc2ccccc2)CC1. The van der Waals surface area contributed by atoms with Crippen molar-refractivity contribution in [1.29, 1.82) is 0 Å². The van der Waals surface area contributed by atoms with Crippen molar-refractivity contribution >= 4 is 11.8 Å². The van der Waals surface area contributed by atoms with Crippen molar-refractivity contribution in [1.82, 2.24) is 15.1 Å². The summed E-state index contributed by atoms with van der Waals surface area (Å²) in [4.78, 5) is 29.5. The zero-order valence-corrected chi connectivity index (χ0v) is 17.4. The number of benzene rings is 2. The van der Waals surface area contributed by atoms with E-state index in [0.717, 1.165) is 25.2 Å². The first kappa shape index (κ1) is 21.1. The summed E-state index contributed by atoms with van der Waals surface area (Å²) >= 11 is 0. The summed E-state index contributed by atoms with van der Waals surface area (Å²) in [6, 6.07) is 19.9. The van der Waals surface area contributed by atoms with Crippen molar-refractivity contribution in [2.45, 2.75) is 32.9 Å². The Morgan fingerprint density at radius 3 is 2.00 bits per heavy atom. The van der Waals surface area contributed by atoms with E-state index in [-0.39, 0.29) is 17.7 Å². The van der Waals surface area contributed by atoms with Gasteiger partial charge in [-0.05, 0) is 24.5 Å². The molecular formula is C24H31N3O2. The molecule has 1 N–H and O–H groups in total. The number of carbonyl (C=O) groups excluding carboxylic acids is 2. The molecule has 1 heterocycles. The Balaban J connectivity index is 1.43. The number of hydrogen-bond acceptors (Lipinski definition) is 3. The zero-order valence-electron chi connectivity index (χ0n) is 17.4. The van der Waals surface area contributed by atoms with Gasteiger partial charge in [0.15, 0.2) is 0 Å².